The summed E-state index contributed by atoms with van der Waals surface area (Å²) in [6, 6.07) is 2.36. The molecule has 2 fully saturated rings. The highest BCUT2D eigenvalue weighted by molar-refractivity contribution is 7.99. The number of nitrogens with two attached hydrogens (primary N) is 1. The maximum Gasteiger partial charge on any atom is 0.573 e. The van der Waals surface area contributed by atoms with Gasteiger partial charge in [-0.1, -0.05) is 11.3 Å². The van der Waals surface area contributed by atoms with E-state index >= 15 is 0 Å². The van der Waals surface area contributed by atoms with Gasteiger partial charge < -0.3 is 29.7 Å². The van der Waals surface area contributed by atoms with Gasteiger partial charge in [0.05, 0.1) is 23.1 Å². The van der Waals surface area contributed by atoms with Gasteiger partial charge in [-0.3, -0.25) is 4.79 Å². The standard InChI is InChI=1S/C27H31F3N6O5S2/c1-39-10-11-40-25(38)20(13-17-12-16-4-6-32-23(31)18(16)14-21(17)41-27(28,29)30)36-9-5-19(24(36)37)34-43-22-15-33-26(42-22)35-7-2-3-8-35/h4,6,12,14-15,19-20,34H,2-3,5,7-11,13H2,1H3,(H2,31,32)/t19-,20?/m0/s1. The number of anilines is 2. The van der Waals surface area contributed by atoms with Gasteiger partial charge in [-0.2, -0.15) is 0 Å². The predicted octanol–water partition coefficient (Wildman–Crippen LogP) is 3.77. The maximum absolute atomic E-state index is 13.5. The summed E-state index contributed by atoms with van der Waals surface area (Å²) in [5.41, 5.74) is 5.95. The number of carbonyl (C=O) groups is 2. The molecule has 0 saturated carbocycles. The molecule has 4 heterocycles. The number of benzene rings is 1. The molecule has 2 aromatic heterocycles. The Morgan fingerprint density at radius 2 is 2.02 bits per heavy atom. The van der Waals surface area contributed by atoms with E-state index in [1.807, 2.05) is 0 Å². The molecule has 0 spiro atoms. The van der Waals surface area contributed by atoms with Crippen molar-refractivity contribution in [3.8, 4) is 5.75 Å². The summed E-state index contributed by atoms with van der Waals surface area (Å²) in [6.45, 7) is 2.18. The second kappa shape index (κ2) is 13.5. The Labute approximate surface area is 254 Å². The number of nitrogens with one attached hydrogen (secondary N) is 1. The number of esters is 1. The summed E-state index contributed by atoms with van der Waals surface area (Å²) >= 11 is 2.82. The Morgan fingerprint density at radius 3 is 2.77 bits per heavy atom. The SMILES string of the molecule is COCCOC(=O)C(Cc1cc2ccnc(N)c2cc1OC(F)(F)F)N1CC[C@H](NSc2cnc(N3CCCC3)s2)C1=O. The lowest BCUT2D eigenvalue weighted by Gasteiger charge is -2.27. The van der Waals surface area contributed by atoms with Crippen LogP contribution >= 0.6 is 23.3 Å². The van der Waals surface area contributed by atoms with E-state index in [2.05, 4.69) is 24.3 Å². The van der Waals surface area contributed by atoms with Gasteiger partial charge in [-0.25, -0.2) is 19.5 Å². The quantitative estimate of drug-likeness (QED) is 0.170. The van der Waals surface area contributed by atoms with E-state index in [0.29, 0.717) is 11.8 Å². The molecule has 1 amide bonds. The number of ether oxygens (including phenoxy) is 3. The van der Waals surface area contributed by atoms with Gasteiger partial charge >= 0.3 is 12.3 Å². The van der Waals surface area contributed by atoms with Gasteiger partial charge in [0.1, 0.15) is 24.2 Å². The zero-order valence-corrected chi connectivity index (χ0v) is 24.9. The smallest absolute Gasteiger partial charge is 0.462 e. The van der Waals surface area contributed by atoms with Crippen molar-refractivity contribution in [2.24, 2.45) is 0 Å². The number of hydrogen-bond acceptors (Lipinski definition) is 12. The molecule has 2 aliphatic heterocycles. The number of halogens is 3. The fraction of sp³-hybridized carbons (Fsp3) is 0.481. The summed E-state index contributed by atoms with van der Waals surface area (Å²) in [7, 11) is 1.44. The molecule has 2 aliphatic rings. The van der Waals surface area contributed by atoms with Crippen LogP contribution in [0.4, 0.5) is 24.1 Å². The van der Waals surface area contributed by atoms with Gasteiger partial charge in [-0.05, 0) is 60.4 Å². The number of nitrogen functional groups attached to an aromatic ring is 1. The van der Waals surface area contributed by atoms with Gasteiger partial charge in [0, 0.05) is 44.7 Å². The monoisotopic (exact) mass is 640 g/mol. The molecule has 5 rings (SSSR count). The Kier molecular flexibility index (Phi) is 9.78. The zero-order chi connectivity index (χ0) is 30.6. The molecule has 3 N–H and O–H groups in total. The average molecular weight is 641 g/mol. The lowest BCUT2D eigenvalue weighted by atomic mass is 10.00. The molecule has 3 aromatic rings. The molecule has 11 nitrogen and oxygen atoms in total. The van der Waals surface area contributed by atoms with Gasteiger partial charge in [0.15, 0.2) is 5.13 Å². The van der Waals surface area contributed by atoms with Crippen LogP contribution in [0.3, 0.4) is 0 Å². The van der Waals surface area contributed by atoms with E-state index in [1.54, 1.807) is 12.3 Å². The third kappa shape index (κ3) is 7.60. The molecule has 2 saturated heterocycles. The first-order valence-corrected chi connectivity index (χ1v) is 15.3. The number of rotatable bonds is 12. The molecule has 43 heavy (non-hydrogen) atoms. The summed E-state index contributed by atoms with van der Waals surface area (Å²) in [4.78, 5) is 38.8. The highest BCUT2D eigenvalue weighted by Crippen LogP contribution is 2.35. The molecule has 0 radical (unpaired) electrons. The van der Waals surface area contributed by atoms with Crippen molar-refractivity contribution in [2.75, 3.05) is 50.6 Å². The minimum absolute atomic E-state index is 0.0289. The summed E-state index contributed by atoms with van der Waals surface area (Å²) in [6.07, 6.45) is 0.554. The summed E-state index contributed by atoms with van der Waals surface area (Å²) in [5, 5.41) is 1.70. The summed E-state index contributed by atoms with van der Waals surface area (Å²) in [5.74, 6) is -1.63. The minimum atomic E-state index is -5.01. The van der Waals surface area contributed by atoms with Crippen LogP contribution in [0, 0.1) is 0 Å². The van der Waals surface area contributed by atoms with Crippen LogP contribution in [0.1, 0.15) is 24.8 Å². The lowest BCUT2D eigenvalue weighted by molar-refractivity contribution is -0.274. The van der Waals surface area contributed by atoms with Crippen LogP contribution in [0.2, 0.25) is 0 Å². The molecule has 232 valence electrons. The Bertz CT molecular complexity index is 1450. The fourth-order valence-corrected chi connectivity index (χ4v) is 6.92. The van der Waals surface area contributed by atoms with Gasteiger partial charge in [0.25, 0.3) is 0 Å². The second-order valence-corrected chi connectivity index (χ2v) is 12.2. The van der Waals surface area contributed by atoms with Crippen LogP contribution in [-0.4, -0.2) is 85.1 Å². The number of methoxy groups -OCH3 is 1. The third-order valence-electron chi connectivity index (χ3n) is 7.19. The number of carbonyl (C=O) groups excluding carboxylic acids is 2. The molecular formula is C27H31F3N6O5S2. The van der Waals surface area contributed by atoms with Gasteiger partial charge in [-0.15, -0.1) is 13.2 Å². The van der Waals surface area contributed by atoms with E-state index in [-0.39, 0.29) is 48.9 Å². The highest BCUT2D eigenvalue weighted by atomic mass is 32.2. The van der Waals surface area contributed by atoms with E-state index in [9.17, 15) is 22.8 Å². The van der Waals surface area contributed by atoms with Crippen molar-refractivity contribution < 1.29 is 37.0 Å². The maximum atomic E-state index is 13.5. The van der Waals surface area contributed by atoms with Crippen molar-refractivity contribution in [3.63, 3.8) is 0 Å². The van der Waals surface area contributed by atoms with Crippen molar-refractivity contribution in [1.29, 1.82) is 0 Å². The number of aromatic nitrogens is 2. The van der Waals surface area contributed by atoms with Crippen molar-refractivity contribution in [2.45, 2.75) is 48.3 Å². The van der Waals surface area contributed by atoms with Crippen LogP contribution in [0.15, 0.2) is 34.8 Å². The number of hydrogen-bond donors (Lipinski definition) is 2. The second-order valence-electron chi connectivity index (χ2n) is 10.1. The largest absolute Gasteiger partial charge is 0.573 e. The van der Waals surface area contributed by atoms with Crippen molar-refractivity contribution >= 4 is 56.9 Å². The van der Waals surface area contributed by atoms with E-state index < -0.39 is 30.2 Å². The average Bonchev–Trinajstić information content (AvgIpc) is 3.72. The molecular weight excluding hydrogens is 609 g/mol. The molecule has 1 unspecified atom stereocenters. The number of alkyl halides is 3. The number of pyridine rings is 1. The lowest BCUT2D eigenvalue weighted by Crippen LogP contribution is -2.47. The fourth-order valence-electron chi connectivity index (χ4n) is 5.10. The molecule has 16 heteroatoms. The first-order valence-electron chi connectivity index (χ1n) is 13.6. The first-order chi connectivity index (χ1) is 20.6. The summed E-state index contributed by atoms with van der Waals surface area (Å²) < 4.78 is 58.9. The van der Waals surface area contributed by atoms with Crippen LogP contribution in [-0.2, 0) is 25.5 Å². The Balaban J connectivity index is 1.35. The van der Waals surface area contributed by atoms with Crippen molar-refractivity contribution in [1.82, 2.24) is 19.6 Å². The van der Waals surface area contributed by atoms with E-state index in [0.717, 1.165) is 41.3 Å². The van der Waals surface area contributed by atoms with E-state index in [1.165, 1.54) is 47.6 Å². The van der Waals surface area contributed by atoms with Crippen LogP contribution in [0.5, 0.6) is 5.75 Å². The van der Waals surface area contributed by atoms with E-state index in [4.69, 9.17) is 15.2 Å². The highest BCUT2D eigenvalue weighted by Gasteiger charge is 2.41. The molecule has 0 aliphatic carbocycles. The number of thiazole rings is 1. The zero-order valence-electron chi connectivity index (χ0n) is 23.3. The van der Waals surface area contributed by atoms with Gasteiger partial charge in [0.2, 0.25) is 5.91 Å². The Hall–Kier alpha value is -3.34. The number of likely N-dealkylation sites (tertiary alicyclic amines) is 1. The topological polar surface area (TPSA) is 132 Å². The Morgan fingerprint density at radius 1 is 1.23 bits per heavy atom. The number of nitrogens with zero attached hydrogens (tertiary/aromatic N) is 4. The minimum Gasteiger partial charge on any atom is -0.462 e. The predicted molar refractivity (Wildman–Crippen MR) is 156 cm³/mol. The number of amides is 1. The molecule has 0 bridgehead atoms. The first kappa shape index (κ1) is 31.1. The third-order valence-corrected chi connectivity index (χ3v) is 9.25. The molecule has 1 aromatic carbocycles. The normalized spacial score (nSPS) is 18.0. The van der Waals surface area contributed by atoms with Crippen molar-refractivity contribution in [3.05, 3.63) is 36.2 Å². The number of fused-ring (bicyclic) bond motifs is 1. The van der Waals surface area contributed by atoms with Crippen LogP contribution < -0.4 is 20.1 Å². The molecule has 2 atom stereocenters. The van der Waals surface area contributed by atoms with Crippen LogP contribution in [0.25, 0.3) is 10.8 Å².